The van der Waals surface area contributed by atoms with E-state index in [1.165, 1.54) is 40.8 Å². The Morgan fingerprint density at radius 1 is 0.770 bits per heavy atom. The van der Waals surface area contributed by atoms with Crippen molar-refractivity contribution in [3.05, 3.63) is 204 Å². The average Bonchev–Trinajstić information content (AvgIpc) is 1.48. The van der Waals surface area contributed by atoms with Gasteiger partial charge in [0.25, 0.3) is 23.3 Å². The van der Waals surface area contributed by atoms with E-state index in [-0.39, 0.29) is 66.4 Å². The van der Waals surface area contributed by atoms with Crippen LogP contribution in [0.5, 0.6) is 0 Å². The van der Waals surface area contributed by atoms with Gasteiger partial charge >= 0.3 is 18.0 Å². The first-order chi connectivity index (χ1) is 47.9. The first kappa shape index (κ1) is 69.6. The Morgan fingerprint density at radius 3 is 2.21 bits per heavy atom. The predicted molar refractivity (Wildman–Crippen MR) is 362 cm³/mol. The number of halogens is 1. The lowest BCUT2D eigenvalue weighted by atomic mass is 9.81. The van der Waals surface area contributed by atoms with Gasteiger partial charge in [0, 0.05) is 72.4 Å². The standard InChI is InChI=1S/C74H73FN10O15/c1-7-74(53-31-58-67-51(37-84(58)70(94)52(53)39-98-72(74)96)66-55(80-59(86)26-17-40(2)3)25-24-48-42(5)54(75)32-56(82-67)65(48)66)100-71(95)49-16-12-11-15-45(49)36-83(6)73(97)99-38-44-19-21-46(22-20-44)79-61(88)35-78-69(93)57(29-43-13-9-8-10-14-43)81-62(89)34-76-60(87)33-77-68(92)50-30-47(23-18-41(50)4)85-63(90)27-28-64(85)91/h8-16,18-23,27-28,30-32,40,55,57H,7,17,24-26,29,33-39H2,1-6H3,(H,76,87)(H,77,92)(H,78,93)(H,79,88)(H,80,86)(H,81,89)/t55-,57-,74-/m0/s1. The highest BCUT2D eigenvalue weighted by atomic mass is 19.1. The molecule has 3 atom stereocenters. The van der Waals surface area contributed by atoms with Gasteiger partial charge in [0.05, 0.1) is 65.9 Å². The van der Waals surface area contributed by atoms with E-state index < -0.39 is 115 Å². The second-order valence-electron chi connectivity index (χ2n) is 25.4. The zero-order chi connectivity index (χ0) is 71.3. The number of nitrogens with one attached hydrogen (secondary N) is 6. The molecule has 6 N–H and O–H groups in total. The van der Waals surface area contributed by atoms with Crippen molar-refractivity contribution >= 4 is 87.6 Å². The van der Waals surface area contributed by atoms with Crippen LogP contribution in [0.2, 0.25) is 0 Å². The number of rotatable bonds is 24. The number of amides is 9. The number of anilines is 2. The number of pyridine rings is 2. The lowest BCUT2D eigenvalue weighted by molar-refractivity contribution is -0.173. The molecule has 11 rings (SSSR count). The van der Waals surface area contributed by atoms with E-state index in [4.69, 9.17) is 19.2 Å². The fraction of sp³-hybridized carbons (Fsp3) is 0.311. The summed E-state index contributed by atoms with van der Waals surface area (Å²) in [6, 6.07) is 27.1. The summed E-state index contributed by atoms with van der Waals surface area (Å²) in [6.45, 7) is 6.75. The molecule has 0 saturated carbocycles. The number of esters is 2. The van der Waals surface area contributed by atoms with Crippen LogP contribution in [0.4, 0.5) is 20.6 Å². The zero-order valence-corrected chi connectivity index (χ0v) is 55.8. The molecule has 0 spiro atoms. The highest BCUT2D eigenvalue weighted by Crippen LogP contribution is 2.47. The minimum absolute atomic E-state index is 0.00516. The van der Waals surface area contributed by atoms with Crippen molar-refractivity contribution in [2.75, 3.05) is 36.9 Å². The highest BCUT2D eigenvalue weighted by molar-refractivity contribution is 6.28. The van der Waals surface area contributed by atoms with E-state index in [1.807, 2.05) is 13.8 Å². The normalized spacial score (nSPS) is 15.8. The van der Waals surface area contributed by atoms with Gasteiger partial charge in [-0.25, -0.2) is 28.7 Å². The van der Waals surface area contributed by atoms with Crippen molar-refractivity contribution in [1.82, 2.24) is 41.0 Å². The molecule has 516 valence electrons. The van der Waals surface area contributed by atoms with Gasteiger partial charge in [0.2, 0.25) is 35.1 Å². The number of carbonyl (C=O) groups excluding carboxylic acids is 11. The number of nitrogens with zero attached hydrogens (tertiary/aromatic N) is 4. The van der Waals surface area contributed by atoms with Crippen LogP contribution >= 0.6 is 0 Å². The summed E-state index contributed by atoms with van der Waals surface area (Å²) in [7, 11) is 1.46. The highest BCUT2D eigenvalue weighted by Gasteiger charge is 2.51. The van der Waals surface area contributed by atoms with Gasteiger partial charge in [0.15, 0.2) is 0 Å². The number of benzene rings is 5. The molecular weight excluding hydrogens is 1290 g/mol. The average molecular weight is 1360 g/mol. The number of hydrogen-bond donors (Lipinski definition) is 6. The van der Waals surface area contributed by atoms with Gasteiger partial charge in [-0.1, -0.05) is 87.5 Å². The van der Waals surface area contributed by atoms with Crippen molar-refractivity contribution < 1.29 is 71.3 Å². The summed E-state index contributed by atoms with van der Waals surface area (Å²) in [5.74, 6) is -6.73. The molecule has 3 aliphatic heterocycles. The quantitative estimate of drug-likeness (QED) is 0.0207. The monoisotopic (exact) mass is 1360 g/mol. The summed E-state index contributed by atoms with van der Waals surface area (Å²) >= 11 is 0. The summed E-state index contributed by atoms with van der Waals surface area (Å²) in [6.07, 6.45) is 3.32. The topological polar surface area (TPSA) is 329 Å². The van der Waals surface area contributed by atoms with E-state index in [0.29, 0.717) is 87.6 Å². The molecule has 5 aromatic carbocycles. The molecule has 0 unspecified atom stereocenters. The fourth-order valence-corrected chi connectivity index (χ4v) is 12.8. The summed E-state index contributed by atoms with van der Waals surface area (Å²) in [5.41, 5.74) is 4.01. The predicted octanol–water partition coefficient (Wildman–Crippen LogP) is 6.77. The summed E-state index contributed by atoms with van der Waals surface area (Å²) in [5, 5.41) is 16.6. The zero-order valence-electron chi connectivity index (χ0n) is 55.8. The largest absolute Gasteiger partial charge is 0.457 e. The molecule has 0 saturated heterocycles. The number of hydrogen-bond acceptors (Lipinski definition) is 16. The van der Waals surface area contributed by atoms with E-state index in [0.717, 1.165) is 33.6 Å². The SMILES string of the molecule is CC[C@@]1(OC(=O)c2ccccc2CN(C)C(=O)OCc2ccc(NC(=O)CNC(=O)[C@H](Cc3ccccc3)NC(=O)CNC(=O)CNC(=O)c3cc(N4C(=O)C=CC4=O)ccc3C)cc2)C(=O)OCc2c1cc1n(c2=O)Cc2c-1nc1cc(F)c(C)c3c1c2[C@@H](NC(=O)CCC(C)C)CC3. The maximum Gasteiger partial charge on any atom is 0.410 e. The number of carbonyl (C=O) groups is 11. The van der Waals surface area contributed by atoms with Gasteiger partial charge in [-0.05, 0) is 121 Å². The maximum atomic E-state index is 15.7. The van der Waals surface area contributed by atoms with E-state index in [9.17, 15) is 57.5 Å². The molecule has 0 fully saturated rings. The van der Waals surface area contributed by atoms with E-state index in [1.54, 1.807) is 106 Å². The molecule has 100 heavy (non-hydrogen) atoms. The van der Waals surface area contributed by atoms with Gasteiger partial charge in [-0.2, -0.15) is 0 Å². The molecule has 1 aliphatic carbocycles. The summed E-state index contributed by atoms with van der Waals surface area (Å²) < 4.78 is 34.7. The Balaban J connectivity index is 0.681. The molecule has 0 bridgehead atoms. The van der Waals surface area contributed by atoms with Crippen LogP contribution in [0, 0.1) is 25.6 Å². The molecule has 9 amide bonds. The molecule has 0 radical (unpaired) electrons. The van der Waals surface area contributed by atoms with Crippen LogP contribution in [-0.2, 0) is 97.3 Å². The second-order valence-corrected chi connectivity index (χ2v) is 25.4. The van der Waals surface area contributed by atoms with Gasteiger partial charge in [-0.15, -0.1) is 0 Å². The smallest absolute Gasteiger partial charge is 0.410 e. The lowest BCUT2D eigenvalue weighted by Crippen LogP contribution is -2.52. The Morgan fingerprint density at radius 2 is 1.48 bits per heavy atom. The van der Waals surface area contributed by atoms with Crippen LogP contribution in [0.1, 0.15) is 129 Å². The molecular formula is C74H73FN10O15. The van der Waals surface area contributed by atoms with Crippen molar-refractivity contribution in [2.45, 2.75) is 117 Å². The summed E-state index contributed by atoms with van der Waals surface area (Å²) in [4.78, 5) is 168. The fourth-order valence-electron chi connectivity index (χ4n) is 12.8. The number of aryl methyl sites for hydroxylation is 2. The Hall–Kier alpha value is -11.7. The minimum atomic E-state index is -2.12. The molecule has 5 heterocycles. The van der Waals surface area contributed by atoms with Crippen molar-refractivity contribution in [2.24, 2.45) is 5.92 Å². The van der Waals surface area contributed by atoms with Gasteiger partial charge in [0.1, 0.15) is 25.1 Å². The molecule has 25 nitrogen and oxygen atoms in total. The Bertz CT molecular complexity index is 4610. The van der Waals surface area contributed by atoms with Gasteiger partial charge in [-0.3, -0.25) is 43.2 Å². The molecule has 26 heteroatoms. The van der Waals surface area contributed by atoms with Crippen LogP contribution in [0.25, 0.3) is 22.3 Å². The van der Waals surface area contributed by atoms with Gasteiger partial charge < -0.3 is 55.6 Å². The number of fused-ring (bicyclic) bond motifs is 5. The van der Waals surface area contributed by atoms with Crippen molar-refractivity contribution in [1.29, 1.82) is 0 Å². The Labute approximate surface area is 573 Å². The third kappa shape index (κ3) is 14.8. The second kappa shape index (κ2) is 29.6. The minimum Gasteiger partial charge on any atom is -0.457 e. The van der Waals surface area contributed by atoms with Crippen LogP contribution in [-0.4, -0.2) is 112 Å². The molecule has 2 aromatic heterocycles. The van der Waals surface area contributed by atoms with E-state index in [2.05, 4.69) is 31.9 Å². The van der Waals surface area contributed by atoms with Crippen molar-refractivity contribution in [3.63, 3.8) is 0 Å². The molecule has 4 aliphatic rings. The third-order valence-corrected chi connectivity index (χ3v) is 18.2. The first-order valence-electron chi connectivity index (χ1n) is 32.7. The van der Waals surface area contributed by atoms with Crippen LogP contribution < -0.4 is 42.4 Å². The maximum absolute atomic E-state index is 15.7. The van der Waals surface area contributed by atoms with Crippen LogP contribution in [0.15, 0.2) is 126 Å². The number of imide groups is 1. The molecule has 7 aromatic rings. The number of aromatic nitrogens is 2. The number of cyclic esters (lactones) is 1. The first-order valence-corrected chi connectivity index (χ1v) is 32.7. The third-order valence-electron chi connectivity index (χ3n) is 18.2. The van der Waals surface area contributed by atoms with E-state index >= 15 is 4.39 Å². The Kier molecular flexibility index (Phi) is 20.6. The van der Waals surface area contributed by atoms with Crippen molar-refractivity contribution in [3.8, 4) is 11.4 Å². The van der Waals surface area contributed by atoms with Crippen LogP contribution in [0.3, 0.4) is 0 Å². The number of ether oxygens (including phenoxy) is 3. The lowest BCUT2D eigenvalue weighted by Gasteiger charge is -2.35.